The van der Waals surface area contributed by atoms with Crippen molar-refractivity contribution in [1.82, 2.24) is 4.98 Å². The van der Waals surface area contributed by atoms with Crippen molar-refractivity contribution in [2.24, 2.45) is 11.8 Å². The summed E-state index contributed by atoms with van der Waals surface area (Å²) in [6.45, 7) is 3.32. The molecule has 3 N–H and O–H groups in total. The van der Waals surface area contributed by atoms with Crippen molar-refractivity contribution in [3.8, 4) is 0 Å². The minimum Gasteiger partial charge on any atom is -0.397 e. The third-order valence-electron chi connectivity index (χ3n) is 2.61. The van der Waals surface area contributed by atoms with Crippen molar-refractivity contribution in [2.75, 3.05) is 17.6 Å². The normalized spacial score (nSPS) is 25.6. The lowest BCUT2D eigenvalue weighted by Crippen LogP contribution is -2.05. The molecule has 1 saturated carbocycles. The van der Waals surface area contributed by atoms with E-state index in [1.54, 1.807) is 6.20 Å². The van der Waals surface area contributed by atoms with Crippen LogP contribution in [-0.4, -0.2) is 11.5 Å². The molecular formula is C10H15N3. The summed E-state index contributed by atoms with van der Waals surface area (Å²) in [5.74, 6) is 2.66. The van der Waals surface area contributed by atoms with E-state index in [2.05, 4.69) is 17.2 Å². The Kier molecular flexibility index (Phi) is 2.08. The molecule has 1 heterocycles. The van der Waals surface area contributed by atoms with E-state index in [0.29, 0.717) is 5.69 Å². The molecule has 0 aliphatic heterocycles. The van der Waals surface area contributed by atoms with Gasteiger partial charge in [-0.25, -0.2) is 4.98 Å². The summed E-state index contributed by atoms with van der Waals surface area (Å²) >= 11 is 0. The van der Waals surface area contributed by atoms with Crippen LogP contribution in [0.1, 0.15) is 13.3 Å². The van der Waals surface area contributed by atoms with Gasteiger partial charge in [-0.2, -0.15) is 0 Å². The minimum absolute atomic E-state index is 0.713. The Balaban J connectivity index is 1.84. The predicted octanol–water partition coefficient (Wildman–Crippen LogP) is 1.73. The molecule has 2 atom stereocenters. The Morgan fingerprint density at radius 1 is 1.62 bits per heavy atom. The number of pyridine rings is 1. The van der Waals surface area contributed by atoms with E-state index >= 15 is 0 Å². The first-order valence-corrected chi connectivity index (χ1v) is 4.71. The van der Waals surface area contributed by atoms with E-state index in [0.717, 1.165) is 24.2 Å². The predicted molar refractivity (Wildman–Crippen MR) is 54.4 cm³/mol. The molecule has 70 valence electrons. The molecule has 2 unspecified atom stereocenters. The van der Waals surface area contributed by atoms with Crippen LogP contribution < -0.4 is 11.1 Å². The average molecular weight is 177 g/mol. The van der Waals surface area contributed by atoms with Crippen LogP contribution in [0.5, 0.6) is 0 Å². The summed E-state index contributed by atoms with van der Waals surface area (Å²) in [5.41, 5.74) is 6.24. The van der Waals surface area contributed by atoms with Crippen LogP contribution in [0.15, 0.2) is 18.3 Å². The van der Waals surface area contributed by atoms with Crippen LogP contribution in [0, 0.1) is 11.8 Å². The van der Waals surface area contributed by atoms with Gasteiger partial charge in [-0.1, -0.05) is 6.92 Å². The average Bonchev–Trinajstić information content (AvgIpc) is 2.81. The van der Waals surface area contributed by atoms with Crippen LogP contribution in [0.4, 0.5) is 11.5 Å². The Hall–Kier alpha value is -1.25. The lowest BCUT2D eigenvalue weighted by atomic mass is 10.3. The third kappa shape index (κ3) is 2.11. The fourth-order valence-corrected chi connectivity index (χ4v) is 1.43. The highest BCUT2D eigenvalue weighted by atomic mass is 15.0. The number of anilines is 2. The molecule has 13 heavy (non-hydrogen) atoms. The fourth-order valence-electron chi connectivity index (χ4n) is 1.43. The van der Waals surface area contributed by atoms with E-state index in [-0.39, 0.29) is 0 Å². The van der Waals surface area contributed by atoms with Gasteiger partial charge >= 0.3 is 0 Å². The van der Waals surface area contributed by atoms with Crippen molar-refractivity contribution >= 4 is 11.5 Å². The molecule has 0 saturated heterocycles. The molecule has 2 rings (SSSR count). The highest BCUT2D eigenvalue weighted by molar-refractivity contribution is 5.43. The molecule has 1 fully saturated rings. The number of hydrogen-bond acceptors (Lipinski definition) is 3. The molecule has 0 spiro atoms. The van der Waals surface area contributed by atoms with E-state index in [4.69, 9.17) is 5.73 Å². The van der Waals surface area contributed by atoms with Crippen LogP contribution in [0.3, 0.4) is 0 Å². The standard InChI is InChI=1S/C10H15N3/c1-7-4-8(7)5-12-10-3-2-9(11)6-13-10/h2-3,6-8H,4-5,11H2,1H3,(H,12,13). The van der Waals surface area contributed by atoms with Crippen molar-refractivity contribution in [3.05, 3.63) is 18.3 Å². The van der Waals surface area contributed by atoms with Crippen molar-refractivity contribution in [3.63, 3.8) is 0 Å². The van der Waals surface area contributed by atoms with Gasteiger partial charge in [0.1, 0.15) is 5.82 Å². The van der Waals surface area contributed by atoms with Crippen molar-refractivity contribution < 1.29 is 0 Å². The highest BCUT2D eigenvalue weighted by Crippen LogP contribution is 2.37. The maximum atomic E-state index is 5.53. The van der Waals surface area contributed by atoms with E-state index < -0.39 is 0 Å². The zero-order valence-corrected chi connectivity index (χ0v) is 7.83. The lowest BCUT2D eigenvalue weighted by Gasteiger charge is -2.03. The summed E-state index contributed by atoms with van der Waals surface area (Å²) in [5, 5.41) is 3.30. The molecule has 3 nitrogen and oxygen atoms in total. The van der Waals surface area contributed by atoms with Gasteiger partial charge in [0.15, 0.2) is 0 Å². The molecule has 0 aromatic carbocycles. The molecule has 0 amide bonds. The molecule has 0 radical (unpaired) electrons. The van der Waals surface area contributed by atoms with Crippen LogP contribution in [0.2, 0.25) is 0 Å². The monoisotopic (exact) mass is 177 g/mol. The van der Waals surface area contributed by atoms with Crippen LogP contribution in [-0.2, 0) is 0 Å². The first-order chi connectivity index (χ1) is 6.25. The number of aromatic nitrogens is 1. The zero-order chi connectivity index (χ0) is 9.26. The Morgan fingerprint density at radius 2 is 2.38 bits per heavy atom. The first-order valence-electron chi connectivity index (χ1n) is 4.71. The van der Waals surface area contributed by atoms with E-state index in [1.165, 1.54) is 6.42 Å². The summed E-state index contributed by atoms with van der Waals surface area (Å²) < 4.78 is 0. The van der Waals surface area contributed by atoms with Gasteiger partial charge in [0.25, 0.3) is 0 Å². The molecule has 1 aromatic heterocycles. The van der Waals surface area contributed by atoms with Gasteiger partial charge in [0, 0.05) is 6.54 Å². The summed E-state index contributed by atoms with van der Waals surface area (Å²) in [6.07, 6.45) is 3.03. The Labute approximate surface area is 78.4 Å². The fraction of sp³-hybridized carbons (Fsp3) is 0.500. The van der Waals surface area contributed by atoms with Gasteiger partial charge in [0.05, 0.1) is 11.9 Å². The minimum atomic E-state index is 0.713. The van der Waals surface area contributed by atoms with Gasteiger partial charge in [0.2, 0.25) is 0 Å². The number of nitrogens with zero attached hydrogens (tertiary/aromatic N) is 1. The largest absolute Gasteiger partial charge is 0.397 e. The van der Waals surface area contributed by atoms with E-state index in [1.807, 2.05) is 12.1 Å². The van der Waals surface area contributed by atoms with Crippen molar-refractivity contribution in [2.45, 2.75) is 13.3 Å². The second-order valence-electron chi connectivity index (χ2n) is 3.83. The highest BCUT2D eigenvalue weighted by Gasteiger charge is 2.31. The van der Waals surface area contributed by atoms with E-state index in [9.17, 15) is 0 Å². The van der Waals surface area contributed by atoms with Gasteiger partial charge < -0.3 is 11.1 Å². The topological polar surface area (TPSA) is 50.9 Å². The molecule has 1 aliphatic rings. The van der Waals surface area contributed by atoms with Gasteiger partial charge in [-0.05, 0) is 30.4 Å². The maximum absolute atomic E-state index is 5.53. The zero-order valence-electron chi connectivity index (χ0n) is 7.83. The number of nitrogens with two attached hydrogens (primary N) is 1. The second-order valence-corrected chi connectivity index (χ2v) is 3.83. The first kappa shape index (κ1) is 8.35. The second kappa shape index (κ2) is 3.24. The lowest BCUT2D eigenvalue weighted by molar-refractivity contribution is 0.784. The Morgan fingerprint density at radius 3 is 2.92 bits per heavy atom. The number of hydrogen-bond donors (Lipinski definition) is 2. The third-order valence-corrected chi connectivity index (χ3v) is 2.61. The van der Waals surface area contributed by atoms with Gasteiger partial charge in [-0.3, -0.25) is 0 Å². The quantitative estimate of drug-likeness (QED) is 0.739. The summed E-state index contributed by atoms with van der Waals surface area (Å²) in [6, 6.07) is 3.79. The van der Waals surface area contributed by atoms with Gasteiger partial charge in [-0.15, -0.1) is 0 Å². The number of nitrogen functional groups attached to an aromatic ring is 1. The smallest absolute Gasteiger partial charge is 0.126 e. The molecular weight excluding hydrogens is 162 g/mol. The summed E-state index contributed by atoms with van der Waals surface area (Å²) in [4.78, 5) is 4.17. The molecule has 1 aliphatic carbocycles. The number of nitrogens with one attached hydrogen (secondary N) is 1. The summed E-state index contributed by atoms with van der Waals surface area (Å²) in [7, 11) is 0. The van der Waals surface area contributed by atoms with Crippen molar-refractivity contribution in [1.29, 1.82) is 0 Å². The molecule has 1 aromatic rings. The maximum Gasteiger partial charge on any atom is 0.126 e. The molecule has 3 heteroatoms. The number of rotatable bonds is 3. The Bertz CT molecular complexity index is 281. The van der Waals surface area contributed by atoms with Crippen LogP contribution >= 0.6 is 0 Å². The van der Waals surface area contributed by atoms with Crippen LogP contribution in [0.25, 0.3) is 0 Å². The molecule has 0 bridgehead atoms. The SMILES string of the molecule is CC1CC1CNc1ccc(N)cn1.